The summed E-state index contributed by atoms with van der Waals surface area (Å²) < 4.78 is 47.2. The Morgan fingerprint density at radius 3 is 2.62 bits per heavy atom. The van der Waals surface area contributed by atoms with Crippen LogP contribution in [0.2, 0.25) is 0 Å². The van der Waals surface area contributed by atoms with E-state index in [2.05, 4.69) is 0 Å². The van der Waals surface area contributed by atoms with Crippen LogP contribution in [-0.2, 0) is 9.47 Å². The van der Waals surface area contributed by atoms with E-state index in [1.807, 2.05) is 0 Å². The summed E-state index contributed by atoms with van der Waals surface area (Å²) in [6, 6.07) is -1.91. The van der Waals surface area contributed by atoms with Crippen LogP contribution in [0.25, 0.3) is 0 Å². The SMILES string of the molecule is CC(C)OC(=O)N1CCOCC1C(F)(F)F. The molecule has 0 radical (unpaired) electrons. The van der Waals surface area contributed by atoms with Crippen LogP contribution < -0.4 is 0 Å². The van der Waals surface area contributed by atoms with Gasteiger partial charge >= 0.3 is 12.3 Å². The van der Waals surface area contributed by atoms with Gasteiger partial charge in [-0.15, -0.1) is 0 Å². The van der Waals surface area contributed by atoms with Crippen LogP contribution in [0, 0.1) is 0 Å². The lowest BCUT2D eigenvalue weighted by Gasteiger charge is -2.35. The van der Waals surface area contributed by atoms with Crippen molar-refractivity contribution >= 4 is 6.09 Å². The molecule has 0 aliphatic carbocycles. The van der Waals surface area contributed by atoms with Crippen molar-refractivity contribution in [3.8, 4) is 0 Å². The first kappa shape index (κ1) is 13.1. The largest absolute Gasteiger partial charge is 0.447 e. The number of rotatable bonds is 1. The zero-order valence-electron chi connectivity index (χ0n) is 9.08. The molecule has 0 bridgehead atoms. The van der Waals surface area contributed by atoms with E-state index in [0.717, 1.165) is 0 Å². The normalized spacial score (nSPS) is 22.4. The summed E-state index contributed by atoms with van der Waals surface area (Å²) in [4.78, 5) is 12.1. The minimum absolute atomic E-state index is 0.0970. The fourth-order valence-corrected chi connectivity index (χ4v) is 1.36. The minimum Gasteiger partial charge on any atom is -0.447 e. The molecule has 1 heterocycles. The molecule has 1 fully saturated rings. The van der Waals surface area contributed by atoms with Crippen molar-refractivity contribution in [3.63, 3.8) is 0 Å². The zero-order chi connectivity index (χ0) is 12.3. The zero-order valence-corrected chi connectivity index (χ0v) is 9.08. The Bertz CT molecular complexity index is 255. The Hall–Kier alpha value is -0.980. The number of morpholine rings is 1. The number of nitrogens with zero attached hydrogens (tertiary/aromatic N) is 1. The molecule has 0 saturated carbocycles. The second kappa shape index (κ2) is 4.90. The third-order valence-corrected chi connectivity index (χ3v) is 2.08. The average Bonchev–Trinajstić information content (AvgIpc) is 2.15. The molecule has 0 aromatic heterocycles. The second-order valence-electron chi connectivity index (χ2n) is 3.76. The third-order valence-electron chi connectivity index (χ3n) is 2.08. The van der Waals surface area contributed by atoms with Gasteiger partial charge in [0.1, 0.15) is 0 Å². The molecule has 0 N–H and O–H groups in total. The number of ether oxygens (including phenoxy) is 2. The molecule has 1 aliphatic heterocycles. The van der Waals surface area contributed by atoms with Gasteiger partial charge in [-0.1, -0.05) is 0 Å². The smallest absolute Gasteiger partial charge is 0.411 e. The quantitative estimate of drug-likeness (QED) is 0.702. The Kier molecular flexibility index (Phi) is 4.01. The predicted molar refractivity (Wildman–Crippen MR) is 49.0 cm³/mol. The number of alkyl halides is 3. The van der Waals surface area contributed by atoms with Gasteiger partial charge in [-0.3, -0.25) is 4.90 Å². The molecule has 1 rings (SSSR count). The van der Waals surface area contributed by atoms with Gasteiger partial charge in [-0.05, 0) is 13.8 Å². The van der Waals surface area contributed by atoms with Crippen molar-refractivity contribution in [2.24, 2.45) is 0 Å². The summed E-state index contributed by atoms with van der Waals surface area (Å²) in [5, 5.41) is 0. The van der Waals surface area contributed by atoms with Crippen molar-refractivity contribution in [1.82, 2.24) is 4.90 Å². The van der Waals surface area contributed by atoms with Crippen LogP contribution in [0.5, 0.6) is 0 Å². The van der Waals surface area contributed by atoms with Crippen molar-refractivity contribution in [3.05, 3.63) is 0 Å². The first-order valence-corrected chi connectivity index (χ1v) is 4.94. The van der Waals surface area contributed by atoms with Gasteiger partial charge in [-0.25, -0.2) is 4.79 Å². The van der Waals surface area contributed by atoms with E-state index in [1.54, 1.807) is 13.8 Å². The Balaban J connectivity index is 2.70. The lowest BCUT2D eigenvalue weighted by molar-refractivity contribution is -0.205. The van der Waals surface area contributed by atoms with E-state index in [9.17, 15) is 18.0 Å². The molecule has 0 spiro atoms. The number of hydrogen-bond donors (Lipinski definition) is 0. The fourth-order valence-electron chi connectivity index (χ4n) is 1.36. The monoisotopic (exact) mass is 241 g/mol. The maximum Gasteiger partial charge on any atom is 0.411 e. The molecular weight excluding hydrogens is 227 g/mol. The molecule has 7 heteroatoms. The molecule has 1 saturated heterocycles. The number of halogens is 3. The van der Waals surface area contributed by atoms with Crippen LogP contribution in [-0.4, -0.2) is 49.1 Å². The highest BCUT2D eigenvalue weighted by Gasteiger charge is 2.47. The van der Waals surface area contributed by atoms with Crippen LogP contribution in [0.3, 0.4) is 0 Å². The summed E-state index contributed by atoms with van der Waals surface area (Å²) >= 11 is 0. The lowest BCUT2D eigenvalue weighted by Crippen LogP contribution is -2.56. The van der Waals surface area contributed by atoms with Crippen LogP contribution in [0.1, 0.15) is 13.8 Å². The third kappa shape index (κ3) is 3.26. The standard InChI is InChI=1S/C9H14F3NO3/c1-6(2)16-8(14)13-3-4-15-5-7(13)9(10,11)12/h6-7H,3-5H2,1-2H3. The molecule has 94 valence electrons. The van der Waals surface area contributed by atoms with Crippen LogP contribution in [0.4, 0.5) is 18.0 Å². The lowest BCUT2D eigenvalue weighted by atomic mass is 10.2. The fraction of sp³-hybridized carbons (Fsp3) is 0.889. The van der Waals surface area contributed by atoms with Gasteiger partial charge in [-0.2, -0.15) is 13.2 Å². The summed E-state index contributed by atoms with van der Waals surface area (Å²) in [6.45, 7) is 2.63. The first-order chi connectivity index (χ1) is 7.32. The predicted octanol–water partition coefficient (Wildman–Crippen LogP) is 1.79. The highest BCUT2D eigenvalue weighted by Crippen LogP contribution is 2.27. The van der Waals surface area contributed by atoms with Crippen LogP contribution in [0.15, 0.2) is 0 Å². The van der Waals surface area contributed by atoms with Crippen LogP contribution >= 0.6 is 0 Å². The van der Waals surface area contributed by atoms with E-state index < -0.39 is 31.0 Å². The van der Waals surface area contributed by atoms with E-state index in [-0.39, 0.29) is 13.2 Å². The topological polar surface area (TPSA) is 38.8 Å². The van der Waals surface area contributed by atoms with Crippen molar-refractivity contribution < 1.29 is 27.4 Å². The molecule has 0 aromatic rings. The molecule has 1 amide bonds. The summed E-state index contributed by atoms with van der Waals surface area (Å²) in [5.74, 6) is 0. The average molecular weight is 241 g/mol. The number of hydrogen-bond acceptors (Lipinski definition) is 3. The van der Waals surface area contributed by atoms with Gasteiger partial charge in [0, 0.05) is 6.54 Å². The molecule has 1 unspecified atom stereocenters. The van der Waals surface area contributed by atoms with Crippen molar-refractivity contribution in [1.29, 1.82) is 0 Å². The molecule has 0 aromatic carbocycles. The second-order valence-corrected chi connectivity index (χ2v) is 3.76. The van der Waals surface area contributed by atoms with E-state index >= 15 is 0 Å². The highest BCUT2D eigenvalue weighted by atomic mass is 19.4. The van der Waals surface area contributed by atoms with Gasteiger partial charge in [0.15, 0.2) is 6.04 Å². The van der Waals surface area contributed by atoms with Crippen molar-refractivity contribution in [2.45, 2.75) is 32.2 Å². The first-order valence-electron chi connectivity index (χ1n) is 4.94. The van der Waals surface area contributed by atoms with Crippen molar-refractivity contribution in [2.75, 3.05) is 19.8 Å². The van der Waals surface area contributed by atoms with Gasteiger partial charge in [0.2, 0.25) is 0 Å². The molecule has 4 nitrogen and oxygen atoms in total. The minimum atomic E-state index is -4.49. The van der Waals surface area contributed by atoms with E-state index in [0.29, 0.717) is 4.90 Å². The Morgan fingerprint density at radius 1 is 1.50 bits per heavy atom. The molecule has 1 atom stereocenters. The van der Waals surface area contributed by atoms with Gasteiger partial charge in [0.25, 0.3) is 0 Å². The van der Waals surface area contributed by atoms with Gasteiger partial charge in [0.05, 0.1) is 19.3 Å². The summed E-state index contributed by atoms with van der Waals surface area (Å²) in [5.41, 5.74) is 0. The highest BCUT2D eigenvalue weighted by molar-refractivity contribution is 5.68. The maximum atomic E-state index is 12.6. The number of carbonyl (C=O) groups excluding carboxylic acids is 1. The summed E-state index contributed by atoms with van der Waals surface area (Å²) in [7, 11) is 0. The number of amides is 1. The molecule has 16 heavy (non-hydrogen) atoms. The Labute approximate surface area is 91.3 Å². The van der Waals surface area contributed by atoms with E-state index in [4.69, 9.17) is 9.47 Å². The van der Waals surface area contributed by atoms with E-state index in [1.165, 1.54) is 0 Å². The number of carbonyl (C=O) groups is 1. The maximum absolute atomic E-state index is 12.6. The Morgan fingerprint density at radius 2 is 2.12 bits per heavy atom. The molecular formula is C9H14F3NO3. The van der Waals surface area contributed by atoms with Gasteiger partial charge < -0.3 is 9.47 Å². The molecule has 1 aliphatic rings. The summed E-state index contributed by atoms with van der Waals surface area (Å²) in [6.07, 6.45) is -5.87.